The smallest absolute Gasteiger partial charge is 0.378 e. The van der Waals surface area contributed by atoms with Crippen LogP contribution in [0, 0.1) is 5.82 Å². The molecule has 1 saturated heterocycles. The maximum atomic E-state index is 13.5. The molecule has 0 radical (unpaired) electrons. The normalized spacial score (nSPS) is 15.5. The molecule has 1 aliphatic rings. The van der Waals surface area contributed by atoms with E-state index in [9.17, 15) is 26.0 Å². The standard InChI is InChI=1S/C17H15ClF4N2O3S/c18-13-2-1-3-15(16(13)24-6-8-27-9-7-24)23-28(25,26)11-4-5-14(19)12(10-11)17(20,21)22/h1-5,10,23H,6-9H2. The average Bonchev–Trinajstić information content (AvgIpc) is 2.61. The van der Waals surface area contributed by atoms with Crippen molar-refractivity contribution in [2.45, 2.75) is 11.1 Å². The molecule has 0 spiro atoms. The first-order valence-electron chi connectivity index (χ1n) is 8.10. The Morgan fingerprint density at radius 1 is 1.11 bits per heavy atom. The summed E-state index contributed by atoms with van der Waals surface area (Å²) in [5.74, 6) is -1.55. The molecule has 1 N–H and O–H groups in total. The number of halogens is 5. The minimum absolute atomic E-state index is 0.104. The third-order valence-electron chi connectivity index (χ3n) is 4.11. The van der Waals surface area contributed by atoms with E-state index >= 15 is 0 Å². The van der Waals surface area contributed by atoms with Gasteiger partial charge in [0.2, 0.25) is 0 Å². The number of sulfonamides is 1. The van der Waals surface area contributed by atoms with E-state index in [1.54, 1.807) is 6.07 Å². The Bertz CT molecular complexity index is 977. The molecule has 152 valence electrons. The van der Waals surface area contributed by atoms with Gasteiger partial charge < -0.3 is 9.64 Å². The predicted octanol–water partition coefficient (Wildman–Crippen LogP) is 4.14. The lowest BCUT2D eigenvalue weighted by molar-refractivity contribution is -0.140. The van der Waals surface area contributed by atoms with E-state index in [-0.39, 0.29) is 16.8 Å². The second-order valence-corrected chi connectivity index (χ2v) is 8.07. The second kappa shape index (κ2) is 7.76. The topological polar surface area (TPSA) is 58.6 Å². The summed E-state index contributed by atoms with van der Waals surface area (Å²) in [7, 11) is -4.42. The molecule has 2 aromatic carbocycles. The molecule has 0 bridgehead atoms. The summed E-state index contributed by atoms with van der Waals surface area (Å²) in [6.45, 7) is 1.77. The van der Waals surface area contributed by atoms with Crippen molar-refractivity contribution < 1.29 is 30.7 Å². The summed E-state index contributed by atoms with van der Waals surface area (Å²) in [6, 6.07) is 6.03. The van der Waals surface area contributed by atoms with Crippen LogP contribution in [0.5, 0.6) is 0 Å². The maximum absolute atomic E-state index is 13.5. The molecular weight excluding hydrogens is 424 g/mol. The number of ether oxygens (including phenoxy) is 1. The molecule has 1 heterocycles. The fourth-order valence-electron chi connectivity index (χ4n) is 2.80. The van der Waals surface area contributed by atoms with Gasteiger partial charge in [0.15, 0.2) is 0 Å². The molecule has 28 heavy (non-hydrogen) atoms. The molecule has 0 saturated carbocycles. The van der Waals surface area contributed by atoms with E-state index in [0.29, 0.717) is 38.1 Å². The molecule has 2 aromatic rings. The van der Waals surface area contributed by atoms with Crippen molar-refractivity contribution in [3.05, 3.63) is 52.8 Å². The highest BCUT2D eigenvalue weighted by atomic mass is 35.5. The number of benzene rings is 2. The molecule has 0 aliphatic carbocycles. The van der Waals surface area contributed by atoms with E-state index in [1.807, 2.05) is 4.90 Å². The number of morpholine rings is 1. The first kappa shape index (κ1) is 20.7. The summed E-state index contributed by atoms with van der Waals surface area (Å²) in [5, 5.41) is 0.275. The highest BCUT2D eigenvalue weighted by Crippen LogP contribution is 2.37. The Morgan fingerprint density at radius 2 is 1.79 bits per heavy atom. The summed E-state index contributed by atoms with van der Waals surface area (Å²) in [6.07, 6.45) is -5.02. The molecule has 5 nitrogen and oxygen atoms in total. The zero-order valence-electron chi connectivity index (χ0n) is 14.3. The van der Waals surface area contributed by atoms with E-state index < -0.39 is 32.5 Å². The van der Waals surface area contributed by atoms with Gasteiger partial charge in [0.25, 0.3) is 10.0 Å². The minimum Gasteiger partial charge on any atom is -0.378 e. The van der Waals surface area contributed by atoms with Gasteiger partial charge in [-0.25, -0.2) is 12.8 Å². The van der Waals surface area contributed by atoms with Crippen LogP contribution < -0.4 is 9.62 Å². The molecular formula is C17H15ClF4N2O3S. The summed E-state index contributed by atoms with van der Waals surface area (Å²) < 4.78 is 85.0. The summed E-state index contributed by atoms with van der Waals surface area (Å²) >= 11 is 6.23. The Balaban J connectivity index is 1.99. The van der Waals surface area contributed by atoms with E-state index in [2.05, 4.69) is 4.72 Å². The summed E-state index contributed by atoms with van der Waals surface area (Å²) in [4.78, 5) is 1.10. The lowest BCUT2D eigenvalue weighted by Crippen LogP contribution is -2.37. The number of nitrogens with zero attached hydrogens (tertiary/aromatic N) is 1. The van der Waals surface area contributed by atoms with Crippen molar-refractivity contribution in [2.75, 3.05) is 35.9 Å². The van der Waals surface area contributed by atoms with E-state index in [1.165, 1.54) is 12.1 Å². The largest absolute Gasteiger partial charge is 0.419 e. The van der Waals surface area contributed by atoms with Gasteiger partial charge in [-0.05, 0) is 30.3 Å². The number of anilines is 2. The highest BCUT2D eigenvalue weighted by molar-refractivity contribution is 7.92. The Morgan fingerprint density at radius 3 is 2.43 bits per heavy atom. The van der Waals surface area contributed by atoms with Crippen LogP contribution in [0.1, 0.15) is 5.56 Å². The number of rotatable bonds is 4. The first-order valence-corrected chi connectivity index (χ1v) is 9.96. The number of alkyl halides is 3. The molecule has 11 heteroatoms. The van der Waals surface area contributed by atoms with Crippen molar-refractivity contribution in [1.82, 2.24) is 0 Å². The summed E-state index contributed by atoms with van der Waals surface area (Å²) in [5.41, 5.74) is -1.16. The molecule has 0 atom stereocenters. The van der Waals surface area contributed by atoms with Crippen molar-refractivity contribution in [1.29, 1.82) is 0 Å². The lowest BCUT2D eigenvalue weighted by Gasteiger charge is -2.31. The van der Waals surface area contributed by atoms with Gasteiger partial charge in [-0.3, -0.25) is 4.72 Å². The third kappa shape index (κ3) is 4.34. The highest BCUT2D eigenvalue weighted by Gasteiger charge is 2.35. The average molecular weight is 439 g/mol. The quantitative estimate of drug-likeness (QED) is 0.729. The van der Waals surface area contributed by atoms with Gasteiger partial charge in [-0.2, -0.15) is 13.2 Å². The van der Waals surface area contributed by atoms with Crippen molar-refractivity contribution in [2.24, 2.45) is 0 Å². The predicted molar refractivity (Wildman–Crippen MR) is 96.7 cm³/mol. The van der Waals surface area contributed by atoms with Gasteiger partial charge in [-0.1, -0.05) is 17.7 Å². The van der Waals surface area contributed by atoms with Crippen LogP contribution in [0.15, 0.2) is 41.3 Å². The van der Waals surface area contributed by atoms with Crippen LogP contribution in [0.4, 0.5) is 28.9 Å². The van der Waals surface area contributed by atoms with Gasteiger partial charge >= 0.3 is 6.18 Å². The van der Waals surface area contributed by atoms with Gasteiger partial charge in [-0.15, -0.1) is 0 Å². The number of hydrogen-bond acceptors (Lipinski definition) is 4. The fourth-order valence-corrected chi connectivity index (χ4v) is 4.18. The van der Waals surface area contributed by atoms with Crippen molar-refractivity contribution in [3.63, 3.8) is 0 Å². The van der Waals surface area contributed by atoms with Crippen LogP contribution in [-0.4, -0.2) is 34.7 Å². The van der Waals surface area contributed by atoms with Crippen LogP contribution in [0.3, 0.4) is 0 Å². The molecule has 1 fully saturated rings. The van der Waals surface area contributed by atoms with E-state index in [4.69, 9.17) is 16.3 Å². The van der Waals surface area contributed by atoms with Crippen LogP contribution in [0.2, 0.25) is 5.02 Å². The number of para-hydroxylation sites is 1. The fraction of sp³-hybridized carbons (Fsp3) is 0.294. The van der Waals surface area contributed by atoms with E-state index in [0.717, 1.165) is 6.07 Å². The zero-order chi connectivity index (χ0) is 20.5. The zero-order valence-corrected chi connectivity index (χ0v) is 15.8. The molecule has 0 aromatic heterocycles. The molecule has 0 amide bonds. The first-order chi connectivity index (χ1) is 13.1. The Kier molecular flexibility index (Phi) is 5.74. The molecule has 1 aliphatic heterocycles. The third-order valence-corrected chi connectivity index (χ3v) is 5.78. The van der Waals surface area contributed by atoms with Gasteiger partial charge in [0, 0.05) is 13.1 Å². The van der Waals surface area contributed by atoms with Crippen LogP contribution >= 0.6 is 11.6 Å². The SMILES string of the molecule is O=S(=O)(Nc1cccc(Cl)c1N1CCOCC1)c1ccc(F)c(C(F)(F)F)c1. The molecule has 0 unspecified atom stereocenters. The second-order valence-electron chi connectivity index (χ2n) is 5.98. The van der Waals surface area contributed by atoms with Crippen molar-refractivity contribution >= 4 is 33.0 Å². The van der Waals surface area contributed by atoms with Gasteiger partial charge in [0.05, 0.1) is 40.1 Å². The Hall–Kier alpha value is -2.04. The monoisotopic (exact) mass is 438 g/mol. The maximum Gasteiger partial charge on any atom is 0.419 e. The molecule has 3 rings (SSSR count). The number of hydrogen-bond donors (Lipinski definition) is 1. The number of nitrogens with one attached hydrogen (secondary N) is 1. The van der Waals surface area contributed by atoms with Crippen molar-refractivity contribution in [3.8, 4) is 0 Å². The lowest BCUT2D eigenvalue weighted by atomic mass is 10.2. The van der Waals surface area contributed by atoms with Crippen LogP contribution in [0.25, 0.3) is 0 Å². The van der Waals surface area contributed by atoms with Crippen LogP contribution in [-0.2, 0) is 20.9 Å². The Labute approximate surface area is 163 Å². The van der Waals surface area contributed by atoms with Gasteiger partial charge in [0.1, 0.15) is 5.82 Å². The minimum atomic E-state index is -5.02.